The monoisotopic (exact) mass is 438 g/mol. The van der Waals surface area contributed by atoms with Crippen LogP contribution in [0.2, 0.25) is 10.0 Å². The van der Waals surface area contributed by atoms with Gasteiger partial charge >= 0.3 is 11.7 Å². The molecule has 0 aliphatic carbocycles. The number of nitrogens with zero attached hydrogens (tertiary/aromatic N) is 6. The molecule has 1 aromatic carbocycles. The molecule has 10 nitrogen and oxygen atoms in total. The number of hydrogen-bond donors (Lipinski definition) is 0. The first-order chi connectivity index (χ1) is 13.8. The van der Waals surface area contributed by atoms with Crippen LogP contribution in [0.25, 0.3) is 5.69 Å². The van der Waals surface area contributed by atoms with Crippen molar-refractivity contribution in [3.05, 3.63) is 85.0 Å². The third kappa shape index (κ3) is 4.44. The molecule has 0 aliphatic rings. The van der Waals surface area contributed by atoms with E-state index in [-0.39, 0.29) is 33.7 Å². The third-order valence-corrected chi connectivity index (χ3v) is 4.39. The number of halogens is 2. The maximum atomic E-state index is 12.9. The minimum absolute atomic E-state index is 0.0759. The highest BCUT2D eigenvalue weighted by Crippen LogP contribution is 2.26. The Hall–Kier alpha value is -3.24. The number of nitro groups is 1. The Labute approximate surface area is 175 Å². The zero-order valence-corrected chi connectivity index (χ0v) is 17.0. The molecule has 1 aromatic heterocycles. The maximum Gasteiger partial charge on any atom is 0.377 e. The predicted octanol–water partition coefficient (Wildman–Crippen LogP) is 3.28. The Morgan fingerprint density at radius 1 is 1.34 bits per heavy atom. The van der Waals surface area contributed by atoms with Gasteiger partial charge in [0, 0.05) is 12.6 Å². The quantitative estimate of drug-likeness (QED) is 0.295. The zero-order valence-electron chi connectivity index (χ0n) is 15.5. The largest absolute Gasteiger partial charge is 0.377 e. The van der Waals surface area contributed by atoms with E-state index in [1.807, 2.05) is 0 Å². The second-order valence-electron chi connectivity index (χ2n) is 5.43. The molecule has 2 rings (SSSR count). The SMILES string of the molecule is C=C/C(=C\C(=C/C)[N+](=O)[O-])N(CC)C(=O)n1nnn(-c2c(Cl)cccc2Cl)c1=O. The number of para-hydroxylation sites is 1. The van der Waals surface area contributed by atoms with E-state index in [1.54, 1.807) is 13.0 Å². The average molecular weight is 439 g/mol. The lowest BCUT2D eigenvalue weighted by Crippen LogP contribution is -2.40. The fraction of sp³-hybridized carbons (Fsp3) is 0.176. The van der Waals surface area contributed by atoms with Crippen molar-refractivity contribution in [1.82, 2.24) is 24.7 Å². The highest BCUT2D eigenvalue weighted by Gasteiger charge is 2.24. The van der Waals surface area contributed by atoms with Gasteiger partial charge in [0.25, 0.3) is 5.70 Å². The van der Waals surface area contributed by atoms with E-state index in [1.165, 1.54) is 31.2 Å². The molecule has 0 unspecified atom stereocenters. The fourth-order valence-electron chi connectivity index (χ4n) is 2.38. The van der Waals surface area contributed by atoms with E-state index < -0.39 is 16.6 Å². The molecule has 1 heterocycles. The van der Waals surface area contributed by atoms with Gasteiger partial charge in [-0.05, 0) is 48.6 Å². The van der Waals surface area contributed by atoms with Crippen molar-refractivity contribution in [2.75, 3.05) is 6.54 Å². The summed E-state index contributed by atoms with van der Waals surface area (Å²) in [6.07, 6.45) is 3.69. The second-order valence-corrected chi connectivity index (χ2v) is 6.24. The zero-order chi connectivity index (χ0) is 21.7. The molecule has 1 amide bonds. The van der Waals surface area contributed by atoms with Crippen molar-refractivity contribution < 1.29 is 9.72 Å². The van der Waals surface area contributed by atoms with Gasteiger partial charge in [-0.3, -0.25) is 15.0 Å². The normalized spacial score (nSPS) is 12.0. The van der Waals surface area contributed by atoms with Gasteiger partial charge in [-0.25, -0.2) is 9.59 Å². The number of rotatable bonds is 6. The van der Waals surface area contributed by atoms with E-state index in [4.69, 9.17) is 23.2 Å². The summed E-state index contributed by atoms with van der Waals surface area (Å²) in [6.45, 7) is 6.76. The van der Waals surface area contributed by atoms with E-state index in [0.29, 0.717) is 4.68 Å². The van der Waals surface area contributed by atoms with Crippen molar-refractivity contribution in [2.45, 2.75) is 13.8 Å². The molecular formula is C17H16Cl2N6O4. The topological polar surface area (TPSA) is 116 Å². The summed E-state index contributed by atoms with van der Waals surface area (Å²) in [4.78, 5) is 37.1. The van der Waals surface area contributed by atoms with Crippen LogP contribution >= 0.6 is 23.2 Å². The van der Waals surface area contributed by atoms with Crippen molar-refractivity contribution in [1.29, 1.82) is 0 Å². The molecule has 2 aromatic rings. The summed E-state index contributed by atoms with van der Waals surface area (Å²) < 4.78 is 1.30. The maximum absolute atomic E-state index is 12.9. The Bertz CT molecular complexity index is 1070. The minimum Gasteiger partial charge on any atom is -0.292 e. The van der Waals surface area contributed by atoms with E-state index in [9.17, 15) is 19.7 Å². The van der Waals surface area contributed by atoms with Gasteiger partial charge in [0.15, 0.2) is 0 Å². The Balaban J connectivity index is 2.52. The third-order valence-electron chi connectivity index (χ3n) is 3.78. The number of hydrogen-bond acceptors (Lipinski definition) is 6. The van der Waals surface area contributed by atoms with Gasteiger partial charge in [-0.1, -0.05) is 35.8 Å². The Morgan fingerprint density at radius 2 is 1.97 bits per heavy atom. The summed E-state index contributed by atoms with van der Waals surface area (Å²) in [6, 6.07) is 3.71. The van der Waals surface area contributed by atoms with Gasteiger partial charge in [0.1, 0.15) is 5.69 Å². The van der Waals surface area contributed by atoms with Crippen LogP contribution in [0.15, 0.2) is 59.2 Å². The van der Waals surface area contributed by atoms with Crippen molar-refractivity contribution >= 4 is 29.2 Å². The lowest BCUT2D eigenvalue weighted by atomic mass is 10.3. The minimum atomic E-state index is -0.910. The molecule has 0 radical (unpaired) electrons. The van der Waals surface area contributed by atoms with Gasteiger partial charge in [-0.2, -0.15) is 4.68 Å². The first kappa shape index (κ1) is 22.1. The number of tetrazole rings is 1. The van der Waals surface area contributed by atoms with E-state index >= 15 is 0 Å². The van der Waals surface area contributed by atoms with Crippen LogP contribution in [-0.2, 0) is 0 Å². The fourth-order valence-corrected chi connectivity index (χ4v) is 2.94. The molecule has 0 fully saturated rings. The highest BCUT2D eigenvalue weighted by molar-refractivity contribution is 6.37. The van der Waals surface area contributed by atoms with Gasteiger partial charge in [0.05, 0.1) is 20.7 Å². The van der Waals surface area contributed by atoms with E-state index in [0.717, 1.165) is 15.7 Å². The van der Waals surface area contributed by atoms with Crippen LogP contribution in [-0.4, -0.2) is 42.2 Å². The lowest BCUT2D eigenvalue weighted by molar-refractivity contribution is -0.419. The van der Waals surface area contributed by atoms with Crippen LogP contribution in [0.5, 0.6) is 0 Å². The predicted molar refractivity (Wildman–Crippen MR) is 108 cm³/mol. The van der Waals surface area contributed by atoms with Gasteiger partial charge in [-0.15, -0.1) is 4.68 Å². The standard InChI is InChI=1S/C17H16Cl2N6O4/c1-4-11(10-12(5-2)25(28)29)22(6-3)16(26)24-17(27)23(20-21-24)15-13(18)8-7-9-14(15)19/h4-5,7-10H,1,6H2,2-3H3/b11-10+,12-5+. The molecule has 0 spiro atoms. The Morgan fingerprint density at radius 3 is 2.45 bits per heavy atom. The number of carbonyl (C=O) groups excluding carboxylic acids is 1. The van der Waals surface area contributed by atoms with Gasteiger partial charge < -0.3 is 0 Å². The molecular weight excluding hydrogens is 423 g/mol. The molecule has 29 heavy (non-hydrogen) atoms. The summed E-state index contributed by atoms with van der Waals surface area (Å²) in [5.74, 6) is 0. The number of amides is 1. The molecule has 0 atom stereocenters. The second kappa shape index (κ2) is 9.30. The Kier molecular flexibility index (Phi) is 7.08. The lowest BCUT2D eigenvalue weighted by Gasteiger charge is -2.20. The van der Waals surface area contributed by atoms with Crippen LogP contribution < -0.4 is 5.69 Å². The summed E-state index contributed by atoms with van der Waals surface area (Å²) in [5, 5.41) is 18.6. The van der Waals surface area contributed by atoms with Crippen LogP contribution in [0.4, 0.5) is 4.79 Å². The van der Waals surface area contributed by atoms with Crippen molar-refractivity contribution in [2.24, 2.45) is 0 Å². The number of aromatic nitrogens is 4. The summed E-state index contributed by atoms with van der Waals surface area (Å²) in [7, 11) is 0. The van der Waals surface area contributed by atoms with Crippen LogP contribution in [0.1, 0.15) is 13.8 Å². The first-order valence-corrected chi connectivity index (χ1v) is 8.98. The molecule has 12 heteroatoms. The molecule has 0 bridgehead atoms. The highest BCUT2D eigenvalue weighted by atomic mass is 35.5. The van der Waals surface area contributed by atoms with Crippen molar-refractivity contribution in [3.8, 4) is 5.69 Å². The summed E-state index contributed by atoms with van der Waals surface area (Å²) >= 11 is 12.2. The smallest absolute Gasteiger partial charge is 0.292 e. The molecule has 0 saturated heterocycles. The van der Waals surface area contributed by atoms with E-state index in [2.05, 4.69) is 17.0 Å². The van der Waals surface area contributed by atoms with Gasteiger partial charge in [0.2, 0.25) is 0 Å². The summed E-state index contributed by atoms with van der Waals surface area (Å²) in [5.41, 5.74) is -0.969. The molecule has 0 saturated carbocycles. The first-order valence-electron chi connectivity index (χ1n) is 8.22. The molecule has 0 aliphatic heterocycles. The molecule has 152 valence electrons. The number of carbonyl (C=O) groups is 1. The van der Waals surface area contributed by atoms with Crippen LogP contribution in [0, 0.1) is 10.1 Å². The van der Waals surface area contributed by atoms with Crippen molar-refractivity contribution in [3.63, 3.8) is 0 Å². The molecule has 0 N–H and O–H groups in total. The van der Waals surface area contributed by atoms with Crippen LogP contribution in [0.3, 0.4) is 0 Å². The number of allylic oxidation sites excluding steroid dienone is 3. The average Bonchev–Trinajstić information content (AvgIpc) is 3.05. The number of likely N-dealkylation sites (N-methyl/N-ethyl adjacent to an activating group) is 1. The number of benzene rings is 1.